The van der Waals surface area contributed by atoms with E-state index in [4.69, 9.17) is 0 Å². The van der Waals surface area contributed by atoms with Crippen LogP contribution in [-0.4, -0.2) is 49.4 Å². The van der Waals surface area contributed by atoms with E-state index in [2.05, 4.69) is 20.1 Å². The molecular weight excluding hydrogens is 398 g/mol. The van der Waals surface area contributed by atoms with Gasteiger partial charge in [-0.05, 0) is 30.3 Å². The smallest absolute Gasteiger partial charge is 0.338 e. The zero-order chi connectivity index (χ0) is 22.3. The summed E-state index contributed by atoms with van der Waals surface area (Å²) in [7, 11) is 2.31. The van der Waals surface area contributed by atoms with E-state index in [1.807, 2.05) is 0 Å². The molecule has 0 aliphatic carbocycles. The molecule has 0 bridgehead atoms. The third kappa shape index (κ3) is 5.61. The number of rotatable bonds is 7. The number of nitrogens with one attached hydrogen (secondary N) is 2. The highest BCUT2D eigenvalue weighted by atomic mass is 16.6. The summed E-state index contributed by atoms with van der Waals surface area (Å²) in [6, 6.07) is 8.89. The standard InChI is InChI=1S/C19H17N3O8/c1-29-16(23)10-20-17(24)11-3-5-14(6-4-11)21-18(25)12-7-13(19(26)30-2)9-15(8-12)22(27)28/h3-9H,10H2,1-2H3,(H,20,24)(H,21,25). The van der Waals surface area contributed by atoms with Crippen molar-refractivity contribution in [2.75, 3.05) is 26.1 Å². The van der Waals surface area contributed by atoms with Crippen LogP contribution in [-0.2, 0) is 14.3 Å². The van der Waals surface area contributed by atoms with Gasteiger partial charge in [-0.3, -0.25) is 24.5 Å². The van der Waals surface area contributed by atoms with E-state index in [9.17, 15) is 29.3 Å². The average molecular weight is 415 g/mol. The van der Waals surface area contributed by atoms with Gasteiger partial charge in [-0.25, -0.2) is 4.79 Å². The first-order valence-electron chi connectivity index (χ1n) is 8.39. The zero-order valence-electron chi connectivity index (χ0n) is 16.0. The number of hydrogen-bond acceptors (Lipinski definition) is 8. The molecule has 0 radical (unpaired) electrons. The second-order valence-corrected chi connectivity index (χ2v) is 5.81. The number of nitro benzene ring substituents is 1. The molecule has 0 saturated heterocycles. The summed E-state index contributed by atoms with van der Waals surface area (Å²) in [5, 5.41) is 15.9. The molecule has 2 amide bonds. The number of carbonyl (C=O) groups excluding carboxylic acids is 4. The van der Waals surface area contributed by atoms with Crippen molar-refractivity contribution in [3.63, 3.8) is 0 Å². The molecule has 0 aliphatic heterocycles. The molecular formula is C19H17N3O8. The topological polar surface area (TPSA) is 154 Å². The van der Waals surface area contributed by atoms with Gasteiger partial charge >= 0.3 is 11.9 Å². The van der Waals surface area contributed by atoms with Crippen LogP contribution in [0.15, 0.2) is 42.5 Å². The van der Waals surface area contributed by atoms with E-state index >= 15 is 0 Å². The summed E-state index contributed by atoms with van der Waals surface area (Å²) in [6.45, 7) is -0.289. The Balaban J connectivity index is 2.15. The van der Waals surface area contributed by atoms with Gasteiger partial charge in [0.1, 0.15) is 6.54 Å². The van der Waals surface area contributed by atoms with Crippen LogP contribution < -0.4 is 10.6 Å². The summed E-state index contributed by atoms with van der Waals surface area (Å²) >= 11 is 0. The summed E-state index contributed by atoms with van der Waals surface area (Å²) in [4.78, 5) is 57.5. The van der Waals surface area contributed by atoms with Crippen molar-refractivity contribution in [3.05, 3.63) is 69.3 Å². The first-order valence-corrected chi connectivity index (χ1v) is 8.39. The maximum absolute atomic E-state index is 12.5. The van der Waals surface area contributed by atoms with E-state index in [-0.39, 0.29) is 23.2 Å². The molecule has 0 spiro atoms. The SMILES string of the molecule is COC(=O)CNC(=O)c1ccc(NC(=O)c2cc(C(=O)OC)cc([N+](=O)[O-])c2)cc1. The van der Waals surface area contributed by atoms with Crippen LogP contribution in [0.2, 0.25) is 0 Å². The fourth-order valence-electron chi connectivity index (χ4n) is 2.32. The molecule has 2 aromatic carbocycles. The first-order chi connectivity index (χ1) is 14.2. The maximum atomic E-state index is 12.5. The Morgan fingerprint density at radius 2 is 1.53 bits per heavy atom. The molecule has 0 aromatic heterocycles. The van der Waals surface area contributed by atoms with Crippen LogP contribution in [0.3, 0.4) is 0 Å². The highest BCUT2D eigenvalue weighted by Crippen LogP contribution is 2.20. The molecule has 156 valence electrons. The third-order valence-corrected chi connectivity index (χ3v) is 3.84. The third-order valence-electron chi connectivity index (χ3n) is 3.84. The van der Waals surface area contributed by atoms with Gasteiger partial charge in [-0.2, -0.15) is 0 Å². The summed E-state index contributed by atoms with van der Waals surface area (Å²) in [6.07, 6.45) is 0. The monoisotopic (exact) mass is 415 g/mol. The largest absolute Gasteiger partial charge is 0.468 e. The van der Waals surface area contributed by atoms with Crippen molar-refractivity contribution < 1.29 is 33.6 Å². The van der Waals surface area contributed by atoms with Gasteiger partial charge in [0.2, 0.25) is 0 Å². The van der Waals surface area contributed by atoms with Crippen molar-refractivity contribution in [1.82, 2.24) is 5.32 Å². The summed E-state index contributed by atoms with van der Waals surface area (Å²) < 4.78 is 8.96. The number of methoxy groups -OCH3 is 2. The second-order valence-electron chi connectivity index (χ2n) is 5.81. The lowest BCUT2D eigenvalue weighted by molar-refractivity contribution is -0.384. The number of carbonyl (C=O) groups is 4. The Labute approximate surface area is 170 Å². The Bertz CT molecular complexity index is 1000. The predicted molar refractivity (Wildman–Crippen MR) is 103 cm³/mol. The minimum absolute atomic E-state index is 0.121. The van der Waals surface area contributed by atoms with E-state index in [0.29, 0.717) is 5.69 Å². The number of ether oxygens (including phenoxy) is 2. The Morgan fingerprint density at radius 3 is 2.10 bits per heavy atom. The fraction of sp³-hybridized carbons (Fsp3) is 0.158. The molecule has 0 atom stereocenters. The Kier molecular flexibility index (Phi) is 7.17. The molecule has 11 heteroatoms. The molecule has 0 heterocycles. The molecule has 0 aliphatic rings. The number of non-ortho nitro benzene ring substituents is 1. The molecule has 2 rings (SSSR count). The lowest BCUT2D eigenvalue weighted by atomic mass is 10.1. The predicted octanol–water partition coefficient (Wildman–Crippen LogP) is 1.54. The number of hydrogen-bond donors (Lipinski definition) is 2. The van der Waals surface area contributed by atoms with Crippen molar-refractivity contribution in [2.45, 2.75) is 0 Å². The molecule has 0 fully saturated rings. The van der Waals surface area contributed by atoms with Crippen molar-refractivity contribution in [1.29, 1.82) is 0 Å². The van der Waals surface area contributed by atoms with Crippen LogP contribution >= 0.6 is 0 Å². The van der Waals surface area contributed by atoms with Crippen LogP contribution in [0.25, 0.3) is 0 Å². The molecule has 2 aromatic rings. The van der Waals surface area contributed by atoms with Gasteiger partial charge in [0.25, 0.3) is 17.5 Å². The number of nitrogens with zero attached hydrogens (tertiary/aromatic N) is 1. The van der Waals surface area contributed by atoms with Gasteiger partial charge in [-0.1, -0.05) is 0 Å². The van der Waals surface area contributed by atoms with Crippen LogP contribution in [0.5, 0.6) is 0 Å². The minimum Gasteiger partial charge on any atom is -0.468 e. The molecule has 0 unspecified atom stereocenters. The highest BCUT2D eigenvalue weighted by Gasteiger charge is 2.18. The van der Waals surface area contributed by atoms with E-state index in [0.717, 1.165) is 19.2 Å². The number of esters is 2. The van der Waals surface area contributed by atoms with Gasteiger partial charge in [-0.15, -0.1) is 0 Å². The van der Waals surface area contributed by atoms with Crippen LogP contribution in [0, 0.1) is 10.1 Å². The number of anilines is 1. The van der Waals surface area contributed by atoms with E-state index < -0.39 is 34.4 Å². The average Bonchev–Trinajstić information content (AvgIpc) is 2.76. The first kappa shape index (κ1) is 22.0. The van der Waals surface area contributed by atoms with Crippen LogP contribution in [0.1, 0.15) is 31.1 Å². The Hall–Kier alpha value is -4.28. The molecule has 2 N–H and O–H groups in total. The van der Waals surface area contributed by atoms with E-state index in [1.165, 1.54) is 37.4 Å². The van der Waals surface area contributed by atoms with Crippen molar-refractivity contribution >= 4 is 35.1 Å². The summed E-state index contributed by atoms with van der Waals surface area (Å²) in [5.74, 6) is -2.64. The van der Waals surface area contributed by atoms with Gasteiger partial charge in [0.15, 0.2) is 0 Å². The van der Waals surface area contributed by atoms with Gasteiger partial charge in [0.05, 0.1) is 24.7 Å². The maximum Gasteiger partial charge on any atom is 0.338 e. The molecule has 11 nitrogen and oxygen atoms in total. The van der Waals surface area contributed by atoms with Gasteiger partial charge < -0.3 is 20.1 Å². The molecule has 0 saturated carbocycles. The lowest BCUT2D eigenvalue weighted by Gasteiger charge is -2.08. The number of amides is 2. The quantitative estimate of drug-likeness (QED) is 0.392. The normalized spacial score (nSPS) is 9.93. The van der Waals surface area contributed by atoms with Crippen molar-refractivity contribution in [2.24, 2.45) is 0 Å². The van der Waals surface area contributed by atoms with Crippen LogP contribution in [0.4, 0.5) is 11.4 Å². The number of benzene rings is 2. The molecule has 30 heavy (non-hydrogen) atoms. The summed E-state index contributed by atoms with van der Waals surface area (Å²) in [5.41, 5.74) is -0.171. The second kappa shape index (κ2) is 9.78. The lowest BCUT2D eigenvalue weighted by Crippen LogP contribution is -2.30. The van der Waals surface area contributed by atoms with Gasteiger partial charge in [0, 0.05) is 28.9 Å². The Morgan fingerprint density at radius 1 is 0.900 bits per heavy atom. The minimum atomic E-state index is -0.824. The van der Waals surface area contributed by atoms with E-state index in [1.54, 1.807) is 0 Å². The van der Waals surface area contributed by atoms with Crippen molar-refractivity contribution in [3.8, 4) is 0 Å². The highest BCUT2D eigenvalue weighted by molar-refractivity contribution is 6.06. The number of nitro groups is 1. The zero-order valence-corrected chi connectivity index (χ0v) is 16.0. The fourth-order valence-corrected chi connectivity index (χ4v) is 2.32.